The van der Waals surface area contributed by atoms with Gasteiger partial charge in [0, 0.05) is 29.2 Å². The monoisotopic (exact) mass is 316 g/mol. The summed E-state index contributed by atoms with van der Waals surface area (Å²) in [7, 11) is 1.85. The third-order valence-electron chi connectivity index (χ3n) is 3.18. The molecule has 2 N–H and O–H groups in total. The van der Waals surface area contributed by atoms with E-state index in [2.05, 4.69) is 26.6 Å². The van der Waals surface area contributed by atoms with Crippen molar-refractivity contribution in [2.75, 3.05) is 26.7 Å². The summed E-state index contributed by atoms with van der Waals surface area (Å²) < 4.78 is 20.4. The van der Waals surface area contributed by atoms with Crippen molar-refractivity contribution >= 4 is 15.9 Å². The predicted molar refractivity (Wildman–Crippen MR) is 73.1 cm³/mol. The minimum Gasteiger partial charge on any atom is -0.376 e. The normalized spacial score (nSPS) is 21.8. The summed E-state index contributed by atoms with van der Waals surface area (Å²) in [6.45, 7) is 2.45. The maximum absolute atomic E-state index is 13.8. The third-order valence-corrected chi connectivity index (χ3v) is 3.68. The molecular formula is C13H18BrFN2O. The Morgan fingerprint density at radius 1 is 1.61 bits per heavy atom. The number of hydrogen-bond donors (Lipinski definition) is 2. The molecule has 1 saturated heterocycles. The average molecular weight is 317 g/mol. The van der Waals surface area contributed by atoms with Gasteiger partial charge in [0.05, 0.1) is 12.7 Å². The van der Waals surface area contributed by atoms with Gasteiger partial charge in [0.15, 0.2) is 0 Å². The van der Waals surface area contributed by atoms with Gasteiger partial charge in [-0.3, -0.25) is 0 Å². The van der Waals surface area contributed by atoms with Gasteiger partial charge in [0.25, 0.3) is 0 Å². The summed E-state index contributed by atoms with van der Waals surface area (Å²) in [6, 6.07) is 4.99. The van der Waals surface area contributed by atoms with Crippen LogP contribution < -0.4 is 10.6 Å². The molecule has 18 heavy (non-hydrogen) atoms. The second-order valence-corrected chi connectivity index (χ2v) is 5.36. The molecule has 1 heterocycles. The van der Waals surface area contributed by atoms with Crippen LogP contribution in [0.5, 0.6) is 0 Å². The van der Waals surface area contributed by atoms with Gasteiger partial charge in [-0.1, -0.05) is 15.9 Å². The standard InChI is InChI=1S/C13H18BrFN2O/c1-16-13(7-10-8-17-4-5-18-10)11-6-9(14)2-3-12(11)15/h2-3,6,10,13,16-17H,4-5,7-8H2,1H3. The minimum atomic E-state index is -0.179. The zero-order chi connectivity index (χ0) is 13.0. The van der Waals surface area contributed by atoms with E-state index in [9.17, 15) is 4.39 Å². The molecule has 0 bridgehead atoms. The molecule has 0 spiro atoms. The van der Waals surface area contributed by atoms with Crippen LogP contribution in [0.4, 0.5) is 4.39 Å². The molecule has 0 aliphatic carbocycles. The van der Waals surface area contributed by atoms with E-state index in [0.717, 1.165) is 30.6 Å². The summed E-state index contributed by atoms with van der Waals surface area (Å²) in [5.74, 6) is -0.179. The number of halogens is 2. The minimum absolute atomic E-state index is 0.0348. The highest BCUT2D eigenvalue weighted by atomic mass is 79.9. The van der Waals surface area contributed by atoms with Crippen molar-refractivity contribution in [1.29, 1.82) is 0 Å². The van der Waals surface area contributed by atoms with Gasteiger partial charge in [0.2, 0.25) is 0 Å². The summed E-state index contributed by atoms with van der Waals surface area (Å²) >= 11 is 3.38. The highest BCUT2D eigenvalue weighted by Gasteiger charge is 2.21. The van der Waals surface area contributed by atoms with E-state index in [1.807, 2.05) is 13.1 Å². The third kappa shape index (κ3) is 3.51. The Kier molecular flexibility index (Phi) is 5.12. The van der Waals surface area contributed by atoms with E-state index >= 15 is 0 Å². The van der Waals surface area contributed by atoms with Crippen LogP contribution in [0, 0.1) is 5.82 Å². The zero-order valence-electron chi connectivity index (χ0n) is 10.4. The average Bonchev–Trinajstić information content (AvgIpc) is 2.40. The molecule has 5 heteroatoms. The fourth-order valence-electron chi connectivity index (χ4n) is 2.22. The highest BCUT2D eigenvalue weighted by molar-refractivity contribution is 9.10. The molecule has 0 radical (unpaired) electrons. The topological polar surface area (TPSA) is 33.3 Å². The molecule has 2 unspecified atom stereocenters. The molecule has 2 atom stereocenters. The summed E-state index contributed by atoms with van der Waals surface area (Å²) in [5.41, 5.74) is 0.682. The van der Waals surface area contributed by atoms with Crippen molar-refractivity contribution in [3.63, 3.8) is 0 Å². The molecule has 1 fully saturated rings. The maximum atomic E-state index is 13.8. The number of rotatable bonds is 4. The van der Waals surface area contributed by atoms with Crippen LogP contribution in [0.15, 0.2) is 22.7 Å². The van der Waals surface area contributed by atoms with E-state index in [-0.39, 0.29) is 18.0 Å². The number of hydrogen-bond acceptors (Lipinski definition) is 3. The van der Waals surface area contributed by atoms with Gasteiger partial charge in [-0.25, -0.2) is 4.39 Å². The lowest BCUT2D eigenvalue weighted by molar-refractivity contribution is 0.0174. The fourth-order valence-corrected chi connectivity index (χ4v) is 2.59. The Hall–Kier alpha value is -0.490. The maximum Gasteiger partial charge on any atom is 0.128 e. The van der Waals surface area contributed by atoms with Gasteiger partial charge in [-0.15, -0.1) is 0 Å². The van der Waals surface area contributed by atoms with Crippen LogP contribution in [0.3, 0.4) is 0 Å². The van der Waals surface area contributed by atoms with Crippen LogP contribution in [0.25, 0.3) is 0 Å². The van der Waals surface area contributed by atoms with Crippen LogP contribution in [-0.2, 0) is 4.74 Å². The van der Waals surface area contributed by atoms with Gasteiger partial charge in [0.1, 0.15) is 5.82 Å². The summed E-state index contributed by atoms with van der Waals surface area (Å²) in [6.07, 6.45) is 0.895. The Morgan fingerprint density at radius 2 is 2.44 bits per heavy atom. The molecular weight excluding hydrogens is 299 g/mol. The lowest BCUT2D eigenvalue weighted by atomic mass is 9.99. The highest BCUT2D eigenvalue weighted by Crippen LogP contribution is 2.25. The summed E-state index contributed by atoms with van der Waals surface area (Å²) in [4.78, 5) is 0. The van der Waals surface area contributed by atoms with Gasteiger partial charge >= 0.3 is 0 Å². The first-order valence-electron chi connectivity index (χ1n) is 6.15. The molecule has 1 aliphatic heterocycles. The van der Waals surface area contributed by atoms with Crippen molar-refractivity contribution in [2.24, 2.45) is 0 Å². The molecule has 100 valence electrons. The van der Waals surface area contributed by atoms with E-state index in [1.54, 1.807) is 6.07 Å². The number of benzene rings is 1. The Balaban J connectivity index is 2.09. The largest absolute Gasteiger partial charge is 0.376 e. The summed E-state index contributed by atoms with van der Waals surface area (Å²) in [5, 5.41) is 6.45. The number of nitrogens with one attached hydrogen (secondary N) is 2. The molecule has 1 aromatic rings. The van der Waals surface area contributed by atoms with Crippen molar-refractivity contribution in [3.05, 3.63) is 34.1 Å². The Morgan fingerprint density at radius 3 is 3.11 bits per heavy atom. The van der Waals surface area contributed by atoms with Crippen LogP contribution >= 0.6 is 15.9 Å². The Bertz CT molecular complexity index is 397. The number of ether oxygens (including phenoxy) is 1. The lowest BCUT2D eigenvalue weighted by Gasteiger charge is -2.28. The van der Waals surface area contributed by atoms with Crippen LogP contribution in [0.2, 0.25) is 0 Å². The molecule has 1 aliphatic rings. The van der Waals surface area contributed by atoms with Gasteiger partial charge < -0.3 is 15.4 Å². The molecule has 3 nitrogen and oxygen atoms in total. The smallest absolute Gasteiger partial charge is 0.128 e. The van der Waals surface area contributed by atoms with Crippen molar-refractivity contribution in [1.82, 2.24) is 10.6 Å². The second-order valence-electron chi connectivity index (χ2n) is 4.44. The molecule has 1 aromatic carbocycles. The molecule has 0 aromatic heterocycles. The molecule has 2 rings (SSSR count). The van der Waals surface area contributed by atoms with Crippen molar-refractivity contribution < 1.29 is 9.13 Å². The SMILES string of the molecule is CNC(CC1CNCCO1)c1cc(Br)ccc1F. The van der Waals surface area contributed by atoms with E-state index in [1.165, 1.54) is 6.07 Å². The first-order chi connectivity index (χ1) is 8.70. The van der Waals surface area contributed by atoms with Crippen molar-refractivity contribution in [2.45, 2.75) is 18.6 Å². The quantitative estimate of drug-likeness (QED) is 0.893. The molecule has 0 saturated carbocycles. The second kappa shape index (κ2) is 6.61. The van der Waals surface area contributed by atoms with Gasteiger partial charge in [-0.05, 0) is 31.7 Å². The zero-order valence-corrected chi connectivity index (χ0v) is 12.0. The van der Waals surface area contributed by atoms with E-state index < -0.39 is 0 Å². The number of morpholine rings is 1. The first-order valence-corrected chi connectivity index (χ1v) is 6.94. The van der Waals surface area contributed by atoms with E-state index in [4.69, 9.17) is 4.74 Å². The van der Waals surface area contributed by atoms with Gasteiger partial charge in [-0.2, -0.15) is 0 Å². The van der Waals surface area contributed by atoms with E-state index in [0.29, 0.717) is 5.56 Å². The van der Waals surface area contributed by atoms with Crippen molar-refractivity contribution in [3.8, 4) is 0 Å². The van der Waals surface area contributed by atoms with Crippen LogP contribution in [0.1, 0.15) is 18.0 Å². The first kappa shape index (κ1) is 13.9. The predicted octanol–water partition coefficient (Wildman–Crippen LogP) is 2.23. The fraction of sp³-hybridized carbons (Fsp3) is 0.538. The lowest BCUT2D eigenvalue weighted by Crippen LogP contribution is -2.40. The molecule has 0 amide bonds. The Labute approximate surface area is 115 Å². The van der Waals surface area contributed by atoms with Crippen LogP contribution in [-0.4, -0.2) is 32.8 Å².